The number of benzene rings is 2. The van der Waals surface area contributed by atoms with E-state index in [1.807, 2.05) is 37.6 Å². The van der Waals surface area contributed by atoms with Gasteiger partial charge in [0.2, 0.25) is 5.91 Å². The minimum absolute atomic E-state index is 0.148. The summed E-state index contributed by atoms with van der Waals surface area (Å²) in [7, 11) is 2.05. The van der Waals surface area contributed by atoms with Gasteiger partial charge in [0.25, 0.3) is 0 Å². The van der Waals surface area contributed by atoms with Crippen molar-refractivity contribution >= 4 is 56.2 Å². The molecule has 4 rings (SSSR count). The van der Waals surface area contributed by atoms with Crippen LogP contribution in [0.5, 0.6) is 0 Å². The Morgan fingerprint density at radius 2 is 2.04 bits per heavy atom. The van der Waals surface area contributed by atoms with Gasteiger partial charge in [-0.3, -0.25) is 4.79 Å². The third-order valence-electron chi connectivity index (χ3n) is 5.32. The van der Waals surface area contributed by atoms with Crippen molar-refractivity contribution in [3.63, 3.8) is 0 Å². The molecule has 6 heteroatoms. The van der Waals surface area contributed by atoms with E-state index >= 15 is 0 Å². The van der Waals surface area contributed by atoms with E-state index in [1.165, 1.54) is 10.9 Å². The molecule has 1 amide bonds. The lowest BCUT2D eigenvalue weighted by molar-refractivity contribution is -0.117. The summed E-state index contributed by atoms with van der Waals surface area (Å²) in [5, 5.41) is 6.35. The van der Waals surface area contributed by atoms with Crippen molar-refractivity contribution in [3.05, 3.63) is 48.0 Å². The van der Waals surface area contributed by atoms with Gasteiger partial charge in [0.1, 0.15) is 5.65 Å². The summed E-state index contributed by atoms with van der Waals surface area (Å²) in [5.41, 5.74) is 11.0. The highest BCUT2D eigenvalue weighted by Gasteiger charge is 2.16. The highest BCUT2D eigenvalue weighted by molar-refractivity contribution is 7.98. The second-order valence-electron chi connectivity index (χ2n) is 7.12. The predicted octanol–water partition coefficient (Wildman–Crippen LogP) is 4.21. The number of anilines is 1. The van der Waals surface area contributed by atoms with Gasteiger partial charge >= 0.3 is 0 Å². The molecule has 4 aromatic rings. The average molecular weight is 393 g/mol. The molecule has 2 aromatic heterocycles. The van der Waals surface area contributed by atoms with E-state index in [0.29, 0.717) is 6.42 Å². The molecule has 28 heavy (non-hydrogen) atoms. The van der Waals surface area contributed by atoms with Crippen LogP contribution in [-0.4, -0.2) is 33.5 Å². The van der Waals surface area contributed by atoms with E-state index in [1.54, 1.807) is 11.8 Å². The molecule has 2 heterocycles. The number of amides is 1. The number of rotatable bonds is 5. The van der Waals surface area contributed by atoms with E-state index in [4.69, 9.17) is 10.7 Å². The molecule has 144 valence electrons. The number of aryl methyl sites for hydroxylation is 2. The second-order valence-corrected chi connectivity index (χ2v) is 8.11. The Morgan fingerprint density at radius 3 is 2.82 bits per heavy atom. The number of hydrogen-bond donors (Lipinski definition) is 2. The highest BCUT2D eigenvalue weighted by Crippen LogP contribution is 2.34. The van der Waals surface area contributed by atoms with Crippen molar-refractivity contribution < 1.29 is 4.79 Å². The highest BCUT2D eigenvalue weighted by atomic mass is 32.2. The van der Waals surface area contributed by atoms with Crippen LogP contribution in [0, 0.1) is 6.92 Å². The van der Waals surface area contributed by atoms with Crippen LogP contribution < -0.4 is 11.1 Å². The van der Waals surface area contributed by atoms with E-state index in [0.717, 1.165) is 38.9 Å². The van der Waals surface area contributed by atoms with E-state index < -0.39 is 6.04 Å². The molecular formula is C22H24N4OS. The molecule has 0 aliphatic carbocycles. The number of nitrogens with two attached hydrogens (primary N) is 1. The first-order valence-corrected chi connectivity index (χ1v) is 10.7. The standard InChI is InChI=1S/C22H24N4OS/c1-13-16-12-14(24-22(27)17(23)10-11-28-3)8-9-18(16)25-21-20(13)15-6-4-5-7-19(15)26(21)2/h4-9,12,17H,10-11,23H2,1-3H3,(H,24,27)/t17-/m0/s1. The molecular weight excluding hydrogens is 368 g/mol. The fraction of sp³-hybridized carbons (Fsp3) is 0.273. The number of carbonyl (C=O) groups is 1. The Bertz CT molecular complexity index is 1200. The van der Waals surface area contributed by atoms with Crippen molar-refractivity contribution in [1.29, 1.82) is 0 Å². The Hall–Kier alpha value is -2.57. The Kier molecular flexibility index (Phi) is 5.00. The van der Waals surface area contributed by atoms with Gasteiger partial charge in [0.05, 0.1) is 17.1 Å². The number of thioether (sulfide) groups is 1. The molecule has 0 bridgehead atoms. The van der Waals surface area contributed by atoms with Crippen molar-refractivity contribution in [2.45, 2.75) is 19.4 Å². The van der Waals surface area contributed by atoms with Crippen LogP contribution in [0.3, 0.4) is 0 Å². The van der Waals surface area contributed by atoms with E-state index in [2.05, 4.69) is 35.0 Å². The lowest BCUT2D eigenvalue weighted by Gasteiger charge is -2.13. The minimum Gasteiger partial charge on any atom is -0.328 e. The fourth-order valence-corrected chi connectivity index (χ4v) is 4.24. The topological polar surface area (TPSA) is 72.9 Å². The summed E-state index contributed by atoms with van der Waals surface area (Å²) in [6.45, 7) is 2.12. The van der Waals surface area contributed by atoms with Gasteiger partial charge in [0, 0.05) is 28.9 Å². The zero-order chi connectivity index (χ0) is 19.8. The van der Waals surface area contributed by atoms with Crippen molar-refractivity contribution in [1.82, 2.24) is 9.55 Å². The van der Waals surface area contributed by atoms with Gasteiger partial charge in [-0.15, -0.1) is 0 Å². The summed E-state index contributed by atoms with van der Waals surface area (Å²) in [6.07, 6.45) is 2.68. The SMILES string of the molecule is CSCC[C@H](N)C(=O)Nc1ccc2nc3c(c(C)c2c1)c1ccccc1n3C. The largest absolute Gasteiger partial charge is 0.328 e. The maximum Gasteiger partial charge on any atom is 0.241 e. The molecule has 0 fully saturated rings. The fourth-order valence-electron chi connectivity index (χ4n) is 3.75. The molecule has 0 saturated carbocycles. The summed E-state index contributed by atoms with van der Waals surface area (Å²) in [4.78, 5) is 17.3. The van der Waals surface area contributed by atoms with Crippen LogP contribution in [0.25, 0.3) is 32.8 Å². The molecule has 1 atom stereocenters. The van der Waals surface area contributed by atoms with Crippen LogP contribution in [0.4, 0.5) is 5.69 Å². The lowest BCUT2D eigenvalue weighted by atomic mass is 10.0. The molecule has 0 unspecified atom stereocenters. The maximum absolute atomic E-state index is 12.4. The monoisotopic (exact) mass is 392 g/mol. The summed E-state index contributed by atoms with van der Waals surface area (Å²) < 4.78 is 2.14. The summed E-state index contributed by atoms with van der Waals surface area (Å²) in [6, 6.07) is 13.7. The van der Waals surface area contributed by atoms with Gasteiger partial charge in [-0.05, 0) is 55.2 Å². The normalized spacial score (nSPS) is 12.7. The van der Waals surface area contributed by atoms with Crippen molar-refractivity contribution in [2.24, 2.45) is 12.8 Å². The van der Waals surface area contributed by atoms with Gasteiger partial charge < -0.3 is 15.6 Å². The number of carbonyl (C=O) groups excluding carboxylic acids is 1. The summed E-state index contributed by atoms with van der Waals surface area (Å²) in [5.74, 6) is 0.722. The molecule has 5 nitrogen and oxygen atoms in total. The zero-order valence-corrected chi connectivity index (χ0v) is 17.1. The number of nitrogens with one attached hydrogen (secondary N) is 1. The average Bonchev–Trinajstić information content (AvgIpc) is 2.99. The number of aromatic nitrogens is 2. The predicted molar refractivity (Wildman–Crippen MR) is 120 cm³/mol. The lowest BCUT2D eigenvalue weighted by Crippen LogP contribution is -2.36. The molecule has 0 radical (unpaired) electrons. The van der Waals surface area contributed by atoms with Crippen LogP contribution in [0.2, 0.25) is 0 Å². The first kappa shape index (κ1) is 18.8. The Balaban J connectivity index is 1.79. The van der Waals surface area contributed by atoms with E-state index in [-0.39, 0.29) is 5.91 Å². The zero-order valence-electron chi connectivity index (χ0n) is 16.3. The van der Waals surface area contributed by atoms with E-state index in [9.17, 15) is 4.79 Å². The maximum atomic E-state index is 12.4. The van der Waals surface area contributed by atoms with Gasteiger partial charge in [0.15, 0.2) is 0 Å². The molecule has 0 saturated heterocycles. The number of pyridine rings is 1. The third kappa shape index (κ3) is 3.12. The van der Waals surface area contributed by atoms with Crippen molar-refractivity contribution in [2.75, 3.05) is 17.3 Å². The summed E-state index contributed by atoms with van der Waals surface area (Å²) >= 11 is 1.69. The number of nitrogens with zero attached hydrogens (tertiary/aromatic N) is 2. The van der Waals surface area contributed by atoms with Gasteiger partial charge in [-0.25, -0.2) is 4.98 Å². The first-order chi connectivity index (χ1) is 13.5. The minimum atomic E-state index is -0.497. The first-order valence-electron chi connectivity index (χ1n) is 9.34. The molecule has 0 aliphatic heterocycles. The Labute approximate surface area is 168 Å². The van der Waals surface area contributed by atoms with Crippen LogP contribution >= 0.6 is 11.8 Å². The third-order valence-corrected chi connectivity index (χ3v) is 5.96. The van der Waals surface area contributed by atoms with Gasteiger partial charge in [-0.2, -0.15) is 11.8 Å². The second kappa shape index (κ2) is 7.45. The van der Waals surface area contributed by atoms with Crippen molar-refractivity contribution in [3.8, 4) is 0 Å². The molecule has 0 spiro atoms. The molecule has 3 N–H and O–H groups in total. The number of para-hydroxylation sites is 1. The quantitative estimate of drug-likeness (QED) is 0.534. The molecule has 0 aliphatic rings. The number of fused-ring (bicyclic) bond motifs is 4. The van der Waals surface area contributed by atoms with Gasteiger partial charge in [-0.1, -0.05) is 18.2 Å². The van der Waals surface area contributed by atoms with Crippen LogP contribution in [0.15, 0.2) is 42.5 Å². The Morgan fingerprint density at radius 1 is 1.25 bits per heavy atom. The smallest absolute Gasteiger partial charge is 0.241 e. The van der Waals surface area contributed by atoms with Crippen LogP contribution in [0.1, 0.15) is 12.0 Å². The van der Waals surface area contributed by atoms with Crippen LogP contribution in [-0.2, 0) is 11.8 Å². The number of hydrogen-bond acceptors (Lipinski definition) is 4. The molecule has 2 aromatic carbocycles.